The van der Waals surface area contributed by atoms with E-state index >= 15 is 0 Å². The zero-order valence-electron chi connectivity index (χ0n) is 13.0. The van der Waals surface area contributed by atoms with Crippen molar-refractivity contribution >= 4 is 5.91 Å². The van der Waals surface area contributed by atoms with E-state index < -0.39 is 6.04 Å². The first-order valence-electron chi connectivity index (χ1n) is 7.13. The van der Waals surface area contributed by atoms with Gasteiger partial charge in [-0.15, -0.1) is 0 Å². The third-order valence-corrected chi connectivity index (χ3v) is 3.13. The van der Waals surface area contributed by atoms with Gasteiger partial charge in [0.05, 0.1) is 18.2 Å². The molecule has 0 spiro atoms. The Hall–Kier alpha value is -1.55. The summed E-state index contributed by atoms with van der Waals surface area (Å²) in [5.74, 6) is 0.847. The van der Waals surface area contributed by atoms with Crippen LogP contribution in [0.25, 0.3) is 0 Å². The molecule has 0 saturated carbocycles. The number of carbonyl (C=O) groups excluding carboxylic acids is 1. The second kappa shape index (κ2) is 7.29. The Morgan fingerprint density at radius 3 is 2.10 bits per heavy atom. The van der Waals surface area contributed by atoms with Gasteiger partial charge in [0.2, 0.25) is 5.91 Å². The van der Waals surface area contributed by atoms with Gasteiger partial charge in [-0.2, -0.15) is 0 Å². The summed E-state index contributed by atoms with van der Waals surface area (Å²) in [5.41, 5.74) is 6.87. The molecule has 1 aromatic carbocycles. The van der Waals surface area contributed by atoms with Gasteiger partial charge < -0.3 is 15.8 Å². The molecule has 0 aliphatic rings. The number of nitrogens with one attached hydrogen (secondary N) is 1. The van der Waals surface area contributed by atoms with Gasteiger partial charge in [0.25, 0.3) is 0 Å². The van der Waals surface area contributed by atoms with Crippen LogP contribution in [0.4, 0.5) is 0 Å². The summed E-state index contributed by atoms with van der Waals surface area (Å²) in [6, 6.07) is 7.22. The van der Waals surface area contributed by atoms with Crippen LogP contribution in [0, 0.1) is 5.92 Å². The first-order chi connectivity index (χ1) is 9.31. The average Bonchev–Trinajstić information content (AvgIpc) is 2.37. The molecule has 1 rings (SSSR count). The van der Waals surface area contributed by atoms with Gasteiger partial charge in [-0.05, 0) is 44.4 Å². The van der Waals surface area contributed by atoms with Gasteiger partial charge in [-0.3, -0.25) is 4.79 Å². The van der Waals surface area contributed by atoms with Crippen LogP contribution in [0.15, 0.2) is 24.3 Å². The molecule has 0 saturated heterocycles. The molecule has 0 aromatic heterocycles. The van der Waals surface area contributed by atoms with E-state index in [-0.39, 0.29) is 24.0 Å². The van der Waals surface area contributed by atoms with Crippen LogP contribution in [-0.2, 0) is 4.79 Å². The fourth-order valence-corrected chi connectivity index (χ4v) is 1.80. The molecule has 0 aliphatic heterocycles. The van der Waals surface area contributed by atoms with Crippen LogP contribution in [0.5, 0.6) is 5.75 Å². The minimum absolute atomic E-state index is 0.0691. The Morgan fingerprint density at radius 2 is 1.65 bits per heavy atom. The molecule has 3 N–H and O–H groups in total. The van der Waals surface area contributed by atoms with E-state index in [1.54, 1.807) is 0 Å². The lowest BCUT2D eigenvalue weighted by atomic mass is 10.0. The number of hydrogen-bond donors (Lipinski definition) is 2. The number of amides is 1. The molecule has 4 nitrogen and oxygen atoms in total. The van der Waals surface area contributed by atoms with E-state index in [2.05, 4.69) is 5.32 Å². The summed E-state index contributed by atoms with van der Waals surface area (Å²) in [4.78, 5) is 11.9. The lowest BCUT2D eigenvalue weighted by Crippen LogP contribution is -2.44. The van der Waals surface area contributed by atoms with Crippen molar-refractivity contribution < 1.29 is 9.53 Å². The summed E-state index contributed by atoms with van der Waals surface area (Å²) in [6.07, 6.45) is 0.155. The van der Waals surface area contributed by atoms with Crippen LogP contribution < -0.4 is 15.8 Å². The summed E-state index contributed by atoms with van der Waals surface area (Å²) in [7, 11) is 0. The van der Waals surface area contributed by atoms with Gasteiger partial charge in [0, 0.05) is 0 Å². The van der Waals surface area contributed by atoms with E-state index in [9.17, 15) is 4.79 Å². The van der Waals surface area contributed by atoms with Crippen molar-refractivity contribution in [3.05, 3.63) is 29.8 Å². The van der Waals surface area contributed by atoms with Crippen molar-refractivity contribution in [2.24, 2.45) is 11.7 Å². The number of rotatable bonds is 6. The molecule has 20 heavy (non-hydrogen) atoms. The molecular formula is C16H26N2O2. The van der Waals surface area contributed by atoms with Crippen molar-refractivity contribution in [1.29, 1.82) is 0 Å². The summed E-state index contributed by atoms with van der Waals surface area (Å²) in [5, 5.41) is 2.93. The van der Waals surface area contributed by atoms with E-state index in [4.69, 9.17) is 10.5 Å². The summed E-state index contributed by atoms with van der Waals surface area (Å²) >= 11 is 0. The highest BCUT2D eigenvalue weighted by Gasteiger charge is 2.19. The Morgan fingerprint density at radius 1 is 1.10 bits per heavy atom. The van der Waals surface area contributed by atoms with Crippen molar-refractivity contribution in [3.8, 4) is 5.75 Å². The fraction of sp³-hybridized carbons (Fsp3) is 0.562. The van der Waals surface area contributed by atoms with Gasteiger partial charge >= 0.3 is 0 Å². The molecule has 2 unspecified atom stereocenters. The number of carbonyl (C=O) groups is 1. The standard InChI is InChI=1S/C16H26N2O2/c1-10(2)15(17)16(19)18-12(5)13-6-8-14(9-7-13)20-11(3)4/h6-12,15H,17H2,1-5H3,(H,18,19). The van der Waals surface area contributed by atoms with Gasteiger partial charge in [0.1, 0.15) is 5.75 Å². The van der Waals surface area contributed by atoms with Gasteiger partial charge in [-0.25, -0.2) is 0 Å². The minimum atomic E-state index is -0.471. The normalized spacial score (nSPS) is 14.2. The molecule has 0 fully saturated rings. The lowest BCUT2D eigenvalue weighted by molar-refractivity contribution is -0.123. The SMILES string of the molecule is CC(C)Oc1ccc(C(C)NC(=O)C(N)C(C)C)cc1. The Bertz CT molecular complexity index is 427. The van der Waals surface area contributed by atoms with Crippen LogP contribution in [0.2, 0.25) is 0 Å². The van der Waals surface area contributed by atoms with Crippen molar-refractivity contribution in [2.75, 3.05) is 0 Å². The smallest absolute Gasteiger partial charge is 0.237 e. The zero-order valence-corrected chi connectivity index (χ0v) is 13.0. The highest BCUT2D eigenvalue weighted by Crippen LogP contribution is 2.18. The summed E-state index contributed by atoms with van der Waals surface area (Å²) < 4.78 is 5.59. The number of nitrogens with two attached hydrogens (primary N) is 1. The molecule has 1 aromatic rings. The molecule has 4 heteroatoms. The number of ether oxygens (including phenoxy) is 1. The molecule has 0 radical (unpaired) electrons. The monoisotopic (exact) mass is 278 g/mol. The molecule has 2 atom stereocenters. The van der Waals surface area contributed by atoms with Crippen molar-refractivity contribution in [1.82, 2.24) is 5.32 Å². The average molecular weight is 278 g/mol. The Balaban J connectivity index is 2.63. The largest absolute Gasteiger partial charge is 0.491 e. The first-order valence-corrected chi connectivity index (χ1v) is 7.13. The molecule has 112 valence electrons. The highest BCUT2D eigenvalue weighted by molar-refractivity contribution is 5.82. The van der Waals surface area contributed by atoms with Crippen molar-refractivity contribution in [2.45, 2.75) is 52.8 Å². The van der Waals surface area contributed by atoms with Gasteiger partial charge in [0.15, 0.2) is 0 Å². The number of benzene rings is 1. The Kier molecular flexibility index (Phi) is 6.02. The third-order valence-electron chi connectivity index (χ3n) is 3.13. The van der Waals surface area contributed by atoms with E-state index in [1.807, 2.05) is 58.9 Å². The topological polar surface area (TPSA) is 64.3 Å². The predicted octanol–water partition coefficient (Wildman–Crippen LogP) is 2.63. The van der Waals surface area contributed by atoms with E-state index in [1.165, 1.54) is 0 Å². The maximum Gasteiger partial charge on any atom is 0.237 e. The highest BCUT2D eigenvalue weighted by atomic mass is 16.5. The lowest BCUT2D eigenvalue weighted by Gasteiger charge is -2.20. The zero-order chi connectivity index (χ0) is 15.3. The molecule has 0 bridgehead atoms. The van der Waals surface area contributed by atoms with E-state index in [0.717, 1.165) is 11.3 Å². The minimum Gasteiger partial charge on any atom is -0.491 e. The van der Waals surface area contributed by atoms with Crippen molar-refractivity contribution in [3.63, 3.8) is 0 Å². The predicted molar refractivity (Wildman–Crippen MR) is 81.6 cm³/mol. The van der Waals surface area contributed by atoms with Gasteiger partial charge in [-0.1, -0.05) is 26.0 Å². The summed E-state index contributed by atoms with van der Waals surface area (Å²) in [6.45, 7) is 9.80. The maximum atomic E-state index is 11.9. The fourth-order valence-electron chi connectivity index (χ4n) is 1.80. The molecular weight excluding hydrogens is 252 g/mol. The van der Waals surface area contributed by atoms with Crippen LogP contribution >= 0.6 is 0 Å². The Labute approximate surface area is 121 Å². The van der Waals surface area contributed by atoms with Crippen LogP contribution in [0.3, 0.4) is 0 Å². The van der Waals surface area contributed by atoms with E-state index in [0.29, 0.717) is 0 Å². The second-order valence-corrected chi connectivity index (χ2v) is 5.74. The first kappa shape index (κ1) is 16.5. The second-order valence-electron chi connectivity index (χ2n) is 5.74. The quantitative estimate of drug-likeness (QED) is 0.840. The molecule has 1 amide bonds. The molecule has 0 aliphatic carbocycles. The third kappa shape index (κ3) is 4.85. The molecule has 0 heterocycles. The van der Waals surface area contributed by atoms with Crippen LogP contribution in [0.1, 0.15) is 46.2 Å². The number of hydrogen-bond acceptors (Lipinski definition) is 3. The maximum absolute atomic E-state index is 11.9. The van der Waals surface area contributed by atoms with Crippen LogP contribution in [-0.4, -0.2) is 18.1 Å².